The third-order valence-corrected chi connectivity index (χ3v) is 2.39. The van der Waals surface area contributed by atoms with Gasteiger partial charge in [0.05, 0.1) is 10.8 Å². The van der Waals surface area contributed by atoms with Gasteiger partial charge in [0.15, 0.2) is 0 Å². The van der Waals surface area contributed by atoms with Crippen molar-refractivity contribution < 1.29 is 4.21 Å². The molecule has 0 aliphatic carbocycles. The molecule has 0 saturated heterocycles. The lowest BCUT2D eigenvalue weighted by Crippen LogP contribution is -2.28. The van der Waals surface area contributed by atoms with Crippen LogP contribution in [0.3, 0.4) is 0 Å². The Labute approximate surface area is 84.4 Å². The highest BCUT2D eigenvalue weighted by molar-refractivity contribution is 7.84. The predicted molar refractivity (Wildman–Crippen MR) is 53.7 cm³/mol. The summed E-state index contributed by atoms with van der Waals surface area (Å²) >= 11 is 0. The van der Waals surface area contributed by atoms with Gasteiger partial charge >= 0.3 is 0 Å². The molecule has 1 unspecified atom stereocenters. The summed E-state index contributed by atoms with van der Waals surface area (Å²) in [5.74, 6) is 0. The molecule has 0 saturated carbocycles. The zero-order valence-electron chi connectivity index (χ0n) is 8.62. The van der Waals surface area contributed by atoms with Gasteiger partial charge in [-0.1, -0.05) is 20.8 Å². The molecule has 0 aliphatic heterocycles. The Balaban J connectivity index is 3.29. The molecule has 5 nitrogen and oxygen atoms in total. The molecule has 0 spiro atoms. The van der Waals surface area contributed by atoms with Crippen molar-refractivity contribution in [1.29, 1.82) is 0 Å². The summed E-state index contributed by atoms with van der Waals surface area (Å²) in [4.78, 5) is 14.0. The Morgan fingerprint density at radius 3 is 2.21 bits per heavy atom. The van der Waals surface area contributed by atoms with Crippen molar-refractivity contribution >= 4 is 10.8 Å². The molecule has 1 N–H and O–H groups in total. The van der Waals surface area contributed by atoms with Crippen LogP contribution < -0.4 is 5.56 Å². The minimum Gasteiger partial charge on any atom is -0.296 e. The van der Waals surface area contributed by atoms with Crippen LogP contribution in [0.15, 0.2) is 9.95 Å². The fourth-order valence-electron chi connectivity index (χ4n) is 0.942. The van der Waals surface area contributed by atoms with Crippen LogP contribution in [-0.2, 0) is 16.2 Å². The van der Waals surface area contributed by atoms with Crippen molar-refractivity contribution in [3.05, 3.63) is 16.0 Å². The average Bonchev–Trinajstić information content (AvgIpc) is 2.01. The molecule has 1 rings (SSSR count). The first-order chi connectivity index (χ1) is 6.32. The summed E-state index contributed by atoms with van der Waals surface area (Å²) in [6.45, 7) is 5.61. The van der Waals surface area contributed by atoms with Crippen LogP contribution in [0.25, 0.3) is 0 Å². The SMILES string of the molecule is CS(=O)c1nnc(C(C)(C)C)c(=O)[nH]1. The molecule has 0 radical (unpaired) electrons. The first-order valence-electron chi connectivity index (χ1n) is 4.13. The fraction of sp³-hybridized carbons (Fsp3) is 0.625. The number of hydrogen-bond donors (Lipinski definition) is 1. The first kappa shape index (κ1) is 11.0. The second kappa shape index (κ2) is 3.61. The molecule has 0 fully saturated rings. The predicted octanol–water partition coefficient (Wildman–Crippen LogP) is 0.200. The molecule has 78 valence electrons. The summed E-state index contributed by atoms with van der Waals surface area (Å²) in [6.07, 6.45) is 1.44. The molecule has 0 bridgehead atoms. The summed E-state index contributed by atoms with van der Waals surface area (Å²) in [5, 5.41) is 7.60. The third-order valence-electron chi connectivity index (χ3n) is 1.66. The highest BCUT2D eigenvalue weighted by atomic mass is 32.2. The van der Waals surface area contributed by atoms with Gasteiger partial charge in [-0.05, 0) is 0 Å². The Morgan fingerprint density at radius 2 is 1.86 bits per heavy atom. The van der Waals surface area contributed by atoms with E-state index in [4.69, 9.17) is 0 Å². The van der Waals surface area contributed by atoms with E-state index >= 15 is 0 Å². The molecule has 14 heavy (non-hydrogen) atoms. The molecule has 0 amide bonds. The van der Waals surface area contributed by atoms with Crippen molar-refractivity contribution in [3.63, 3.8) is 0 Å². The van der Waals surface area contributed by atoms with Crippen molar-refractivity contribution in [3.8, 4) is 0 Å². The summed E-state index contributed by atoms with van der Waals surface area (Å²) in [5.41, 5.74) is -0.321. The van der Waals surface area contributed by atoms with E-state index in [0.717, 1.165) is 0 Å². The van der Waals surface area contributed by atoms with Gasteiger partial charge in [-0.25, -0.2) is 0 Å². The van der Waals surface area contributed by atoms with E-state index in [1.54, 1.807) is 0 Å². The van der Waals surface area contributed by atoms with Crippen molar-refractivity contribution in [1.82, 2.24) is 15.2 Å². The fourth-order valence-corrected chi connectivity index (χ4v) is 1.33. The molecule has 0 aliphatic rings. The van der Waals surface area contributed by atoms with Crippen molar-refractivity contribution in [2.24, 2.45) is 0 Å². The highest BCUT2D eigenvalue weighted by Crippen LogP contribution is 2.14. The zero-order chi connectivity index (χ0) is 10.9. The van der Waals surface area contributed by atoms with E-state index in [-0.39, 0.29) is 16.1 Å². The number of H-pyrrole nitrogens is 1. The molecule has 1 aromatic heterocycles. The minimum atomic E-state index is -1.30. The summed E-state index contributed by atoms with van der Waals surface area (Å²) in [6, 6.07) is 0. The van der Waals surface area contributed by atoms with Crippen LogP contribution in [-0.4, -0.2) is 25.6 Å². The molecule has 6 heteroatoms. The lowest BCUT2D eigenvalue weighted by atomic mass is 9.93. The molecular weight excluding hydrogens is 202 g/mol. The van der Waals surface area contributed by atoms with E-state index in [9.17, 15) is 9.00 Å². The molecule has 0 aromatic carbocycles. The number of hydrogen-bond acceptors (Lipinski definition) is 4. The molecule has 1 heterocycles. The van der Waals surface area contributed by atoms with Gasteiger partial charge in [0.25, 0.3) is 5.56 Å². The van der Waals surface area contributed by atoms with Crippen LogP contribution >= 0.6 is 0 Å². The van der Waals surface area contributed by atoms with Crippen LogP contribution in [0.4, 0.5) is 0 Å². The Morgan fingerprint density at radius 1 is 1.29 bits per heavy atom. The van der Waals surface area contributed by atoms with Crippen LogP contribution in [0, 0.1) is 0 Å². The molecular formula is C8H13N3O2S. The topological polar surface area (TPSA) is 75.7 Å². The second-order valence-electron chi connectivity index (χ2n) is 4.01. The Bertz CT molecular complexity index is 419. The summed E-state index contributed by atoms with van der Waals surface area (Å²) < 4.78 is 11.0. The van der Waals surface area contributed by atoms with E-state index in [1.807, 2.05) is 20.8 Å². The lowest BCUT2D eigenvalue weighted by Gasteiger charge is -2.14. The average molecular weight is 215 g/mol. The van der Waals surface area contributed by atoms with E-state index < -0.39 is 10.8 Å². The number of aromatic nitrogens is 3. The quantitative estimate of drug-likeness (QED) is 0.726. The largest absolute Gasteiger partial charge is 0.296 e. The van der Waals surface area contributed by atoms with Gasteiger partial charge in [-0.2, -0.15) is 0 Å². The Hall–Kier alpha value is -1.04. The number of rotatable bonds is 1. The Kier molecular flexibility index (Phi) is 2.84. The maximum Gasteiger partial charge on any atom is 0.274 e. The van der Waals surface area contributed by atoms with Crippen molar-refractivity contribution in [2.45, 2.75) is 31.3 Å². The van der Waals surface area contributed by atoms with Gasteiger partial charge < -0.3 is 0 Å². The van der Waals surface area contributed by atoms with Gasteiger partial charge in [-0.15, -0.1) is 10.2 Å². The van der Waals surface area contributed by atoms with Gasteiger partial charge in [-0.3, -0.25) is 14.0 Å². The van der Waals surface area contributed by atoms with E-state index in [0.29, 0.717) is 5.69 Å². The third kappa shape index (κ3) is 2.25. The van der Waals surface area contributed by atoms with Gasteiger partial charge in [0, 0.05) is 11.7 Å². The molecule has 1 atom stereocenters. The van der Waals surface area contributed by atoms with Crippen LogP contribution in [0.2, 0.25) is 0 Å². The lowest BCUT2D eigenvalue weighted by molar-refractivity contribution is 0.535. The standard InChI is InChI=1S/C8H13N3O2S/c1-8(2,3)5-6(12)9-7(11-10-5)14(4)13/h1-4H3,(H,9,11,12). The van der Waals surface area contributed by atoms with Gasteiger partial charge in [0.1, 0.15) is 5.69 Å². The van der Waals surface area contributed by atoms with Crippen molar-refractivity contribution in [2.75, 3.05) is 6.26 Å². The number of nitrogens with zero attached hydrogens (tertiary/aromatic N) is 2. The van der Waals surface area contributed by atoms with Gasteiger partial charge in [0.2, 0.25) is 5.16 Å². The second-order valence-corrected chi connectivity index (χ2v) is 5.31. The van der Waals surface area contributed by atoms with Crippen LogP contribution in [0.1, 0.15) is 26.5 Å². The monoisotopic (exact) mass is 215 g/mol. The van der Waals surface area contributed by atoms with E-state index in [2.05, 4.69) is 15.2 Å². The highest BCUT2D eigenvalue weighted by Gasteiger charge is 2.20. The smallest absolute Gasteiger partial charge is 0.274 e. The maximum atomic E-state index is 11.5. The van der Waals surface area contributed by atoms with E-state index in [1.165, 1.54) is 6.26 Å². The maximum absolute atomic E-state index is 11.5. The molecule has 1 aromatic rings. The normalized spacial score (nSPS) is 14.0. The number of nitrogens with one attached hydrogen (secondary N) is 1. The summed E-state index contributed by atoms with van der Waals surface area (Å²) in [7, 11) is -1.30. The zero-order valence-corrected chi connectivity index (χ0v) is 9.44. The first-order valence-corrected chi connectivity index (χ1v) is 5.69. The van der Waals surface area contributed by atoms with Crippen LogP contribution in [0.5, 0.6) is 0 Å². The minimum absolute atomic E-state index is 0.114. The number of aromatic amines is 1.